The van der Waals surface area contributed by atoms with Crippen LogP contribution in [0, 0.1) is 5.82 Å². The molecule has 0 saturated carbocycles. The highest BCUT2D eigenvalue weighted by molar-refractivity contribution is 9.10. The first-order chi connectivity index (χ1) is 8.00. The summed E-state index contributed by atoms with van der Waals surface area (Å²) in [6.45, 7) is 4.50. The van der Waals surface area contributed by atoms with Gasteiger partial charge in [0.1, 0.15) is 5.82 Å². The molecule has 1 rings (SSSR count). The normalized spacial score (nSPS) is 12.2. The van der Waals surface area contributed by atoms with E-state index >= 15 is 0 Å². The van der Waals surface area contributed by atoms with E-state index in [1.165, 1.54) is 13.0 Å². The van der Waals surface area contributed by atoms with Gasteiger partial charge in [0.25, 0.3) is 0 Å². The molecule has 17 heavy (non-hydrogen) atoms. The van der Waals surface area contributed by atoms with Crippen LogP contribution in [0.1, 0.15) is 25.5 Å². The fraction of sp³-hybridized carbons (Fsp3) is 0.417. The lowest BCUT2D eigenvalue weighted by Gasteiger charge is -2.15. The molecule has 0 aliphatic carbocycles. The summed E-state index contributed by atoms with van der Waals surface area (Å²) >= 11 is 3.31. The summed E-state index contributed by atoms with van der Waals surface area (Å²) in [6, 6.07) is 4.76. The highest BCUT2D eigenvalue weighted by Crippen LogP contribution is 2.21. The first-order valence-corrected chi connectivity index (χ1v) is 6.22. The molecule has 0 aromatic heterocycles. The van der Waals surface area contributed by atoms with Crippen LogP contribution in [0.15, 0.2) is 22.7 Å². The highest BCUT2D eigenvalue weighted by atomic mass is 79.9. The smallest absolute Gasteiger partial charge is 0.216 e. The van der Waals surface area contributed by atoms with Crippen LogP contribution in [0.3, 0.4) is 0 Å². The summed E-state index contributed by atoms with van der Waals surface area (Å²) < 4.78 is 14.4. The van der Waals surface area contributed by atoms with Gasteiger partial charge in [0.15, 0.2) is 0 Å². The van der Waals surface area contributed by atoms with E-state index in [0.29, 0.717) is 18.7 Å². The van der Waals surface area contributed by atoms with Crippen LogP contribution >= 0.6 is 15.9 Å². The molecule has 1 aromatic rings. The van der Waals surface area contributed by atoms with Crippen molar-refractivity contribution in [2.24, 2.45) is 0 Å². The first kappa shape index (κ1) is 14.1. The summed E-state index contributed by atoms with van der Waals surface area (Å²) in [5.74, 6) is -0.291. The molecule has 94 valence electrons. The predicted octanol–water partition coefficient (Wildman–Crippen LogP) is 2.37. The van der Waals surface area contributed by atoms with Gasteiger partial charge in [-0.2, -0.15) is 0 Å². The molecule has 0 spiro atoms. The average Bonchev–Trinajstić information content (AvgIpc) is 2.27. The van der Waals surface area contributed by atoms with E-state index in [0.717, 1.165) is 4.47 Å². The average molecular weight is 303 g/mol. The van der Waals surface area contributed by atoms with Crippen molar-refractivity contribution in [2.75, 3.05) is 13.1 Å². The van der Waals surface area contributed by atoms with E-state index in [4.69, 9.17) is 0 Å². The van der Waals surface area contributed by atoms with E-state index in [1.54, 1.807) is 12.1 Å². The molecule has 1 aromatic carbocycles. The Morgan fingerprint density at radius 3 is 2.82 bits per heavy atom. The minimum Gasteiger partial charge on any atom is -0.355 e. The lowest BCUT2D eigenvalue weighted by molar-refractivity contribution is -0.118. The molecule has 1 amide bonds. The standard InChI is InChI=1S/C12H16BrFN2O/c1-8(15-5-6-16-9(2)17)11-7-10(13)3-4-12(11)14/h3-4,7-8,15H,5-6H2,1-2H3,(H,16,17). The number of carbonyl (C=O) groups excluding carboxylic acids is 1. The molecular weight excluding hydrogens is 287 g/mol. The monoisotopic (exact) mass is 302 g/mol. The third-order valence-electron chi connectivity index (χ3n) is 2.37. The Kier molecular flexibility index (Phi) is 5.58. The first-order valence-electron chi connectivity index (χ1n) is 5.43. The number of nitrogens with one attached hydrogen (secondary N) is 2. The number of amides is 1. The maximum atomic E-state index is 13.5. The zero-order chi connectivity index (χ0) is 12.8. The quantitative estimate of drug-likeness (QED) is 0.820. The van der Waals surface area contributed by atoms with Crippen LogP contribution in [0.25, 0.3) is 0 Å². The van der Waals surface area contributed by atoms with Gasteiger partial charge >= 0.3 is 0 Å². The highest BCUT2D eigenvalue weighted by Gasteiger charge is 2.10. The molecule has 0 radical (unpaired) electrons. The molecule has 2 N–H and O–H groups in total. The molecule has 0 fully saturated rings. The molecular formula is C12H16BrFN2O. The zero-order valence-electron chi connectivity index (χ0n) is 9.89. The van der Waals surface area contributed by atoms with Crippen molar-refractivity contribution in [1.29, 1.82) is 0 Å². The number of halogens is 2. The SMILES string of the molecule is CC(=O)NCCNC(C)c1cc(Br)ccc1F. The summed E-state index contributed by atoms with van der Waals surface area (Å²) in [5, 5.41) is 5.82. The van der Waals surface area contributed by atoms with Crippen LogP contribution in [0.2, 0.25) is 0 Å². The Morgan fingerprint density at radius 2 is 2.18 bits per heavy atom. The maximum Gasteiger partial charge on any atom is 0.216 e. The Morgan fingerprint density at radius 1 is 1.47 bits per heavy atom. The molecule has 3 nitrogen and oxygen atoms in total. The third kappa shape index (κ3) is 4.83. The van der Waals surface area contributed by atoms with Crippen LogP contribution in [0.5, 0.6) is 0 Å². The zero-order valence-corrected chi connectivity index (χ0v) is 11.5. The van der Waals surface area contributed by atoms with Crippen molar-refractivity contribution >= 4 is 21.8 Å². The van der Waals surface area contributed by atoms with Crippen molar-refractivity contribution in [3.8, 4) is 0 Å². The second-order valence-corrected chi connectivity index (χ2v) is 4.74. The van der Waals surface area contributed by atoms with Gasteiger partial charge < -0.3 is 10.6 Å². The van der Waals surface area contributed by atoms with Gasteiger partial charge in [0, 0.05) is 36.1 Å². The van der Waals surface area contributed by atoms with Gasteiger partial charge in [-0.25, -0.2) is 4.39 Å². The molecule has 0 bridgehead atoms. The van der Waals surface area contributed by atoms with Crippen LogP contribution in [-0.2, 0) is 4.79 Å². The van der Waals surface area contributed by atoms with Crippen molar-refractivity contribution in [2.45, 2.75) is 19.9 Å². The third-order valence-corrected chi connectivity index (χ3v) is 2.87. The Balaban J connectivity index is 2.49. The van der Waals surface area contributed by atoms with Gasteiger partial charge in [-0.1, -0.05) is 15.9 Å². The number of hydrogen-bond acceptors (Lipinski definition) is 2. The van der Waals surface area contributed by atoms with Crippen molar-refractivity contribution in [1.82, 2.24) is 10.6 Å². The molecule has 1 unspecified atom stereocenters. The molecule has 0 heterocycles. The van der Waals surface area contributed by atoms with E-state index in [9.17, 15) is 9.18 Å². The van der Waals surface area contributed by atoms with Gasteiger partial charge in [-0.15, -0.1) is 0 Å². The van der Waals surface area contributed by atoms with Crippen LogP contribution in [-0.4, -0.2) is 19.0 Å². The van der Waals surface area contributed by atoms with E-state index in [2.05, 4.69) is 26.6 Å². The minimum atomic E-state index is -0.229. The fourth-order valence-corrected chi connectivity index (χ4v) is 1.86. The van der Waals surface area contributed by atoms with Crippen LogP contribution < -0.4 is 10.6 Å². The largest absolute Gasteiger partial charge is 0.355 e. The maximum absolute atomic E-state index is 13.5. The minimum absolute atomic E-state index is 0.0620. The summed E-state index contributed by atoms with van der Waals surface area (Å²) in [4.78, 5) is 10.7. The van der Waals surface area contributed by atoms with Gasteiger partial charge in [0.2, 0.25) is 5.91 Å². The Hall–Kier alpha value is -0.940. The predicted molar refractivity (Wildman–Crippen MR) is 69.2 cm³/mol. The van der Waals surface area contributed by atoms with Gasteiger partial charge in [-0.3, -0.25) is 4.79 Å². The lowest BCUT2D eigenvalue weighted by atomic mass is 10.1. The molecule has 0 aliphatic heterocycles. The van der Waals surface area contributed by atoms with Crippen molar-refractivity contribution in [3.63, 3.8) is 0 Å². The summed E-state index contributed by atoms with van der Waals surface area (Å²) in [7, 11) is 0. The fourth-order valence-electron chi connectivity index (χ4n) is 1.48. The number of rotatable bonds is 5. The summed E-state index contributed by atoms with van der Waals surface area (Å²) in [5.41, 5.74) is 0.613. The number of carbonyl (C=O) groups is 1. The van der Waals surface area contributed by atoms with Crippen LogP contribution in [0.4, 0.5) is 4.39 Å². The second-order valence-electron chi connectivity index (χ2n) is 3.82. The molecule has 0 aliphatic rings. The topological polar surface area (TPSA) is 41.1 Å². The van der Waals surface area contributed by atoms with E-state index in [-0.39, 0.29) is 17.8 Å². The lowest BCUT2D eigenvalue weighted by Crippen LogP contribution is -2.31. The van der Waals surface area contributed by atoms with E-state index < -0.39 is 0 Å². The molecule has 5 heteroatoms. The van der Waals surface area contributed by atoms with Crippen molar-refractivity contribution < 1.29 is 9.18 Å². The van der Waals surface area contributed by atoms with Gasteiger partial charge in [-0.05, 0) is 25.1 Å². The van der Waals surface area contributed by atoms with Gasteiger partial charge in [0.05, 0.1) is 0 Å². The van der Waals surface area contributed by atoms with Crippen molar-refractivity contribution in [3.05, 3.63) is 34.1 Å². The molecule has 1 atom stereocenters. The second kappa shape index (κ2) is 6.71. The number of benzene rings is 1. The Bertz CT molecular complexity index is 398. The van der Waals surface area contributed by atoms with E-state index in [1.807, 2.05) is 6.92 Å². The molecule has 0 saturated heterocycles. The summed E-state index contributed by atoms with van der Waals surface area (Å²) in [6.07, 6.45) is 0. The Labute approximate surface area is 109 Å². The number of hydrogen-bond donors (Lipinski definition) is 2.